The Kier molecular flexibility index (Phi) is 4.97. The van der Waals surface area contributed by atoms with Crippen LogP contribution in [0, 0.1) is 3.57 Å². The Balaban J connectivity index is 1.51. The summed E-state index contributed by atoms with van der Waals surface area (Å²) in [5, 5.41) is 22.2. The minimum atomic E-state index is -0.979. The summed E-state index contributed by atoms with van der Waals surface area (Å²) < 4.78 is 8.57. The van der Waals surface area contributed by atoms with Crippen LogP contribution in [0.5, 0.6) is 0 Å². The van der Waals surface area contributed by atoms with Gasteiger partial charge in [-0.3, -0.25) is 9.99 Å². The van der Waals surface area contributed by atoms with Crippen molar-refractivity contribution in [3.05, 3.63) is 45.4 Å². The third-order valence-corrected chi connectivity index (χ3v) is 5.57. The monoisotopic (exact) mass is 469 g/mol. The van der Waals surface area contributed by atoms with Gasteiger partial charge in [0.25, 0.3) is 0 Å². The van der Waals surface area contributed by atoms with Crippen LogP contribution in [0.1, 0.15) is 24.4 Å². The quantitative estimate of drug-likeness (QED) is 0.585. The first-order valence-electron chi connectivity index (χ1n) is 8.39. The fourth-order valence-electron chi connectivity index (χ4n) is 3.18. The number of nitrogens with one attached hydrogen (secondary N) is 1. The molecule has 0 aromatic carbocycles. The molecule has 26 heavy (non-hydrogen) atoms. The van der Waals surface area contributed by atoms with Crippen molar-refractivity contribution in [3.8, 4) is 0 Å². The van der Waals surface area contributed by atoms with Gasteiger partial charge in [-0.25, -0.2) is 10.4 Å². The Morgan fingerprint density at radius 1 is 1.35 bits per heavy atom. The van der Waals surface area contributed by atoms with E-state index in [9.17, 15) is 10.2 Å². The van der Waals surface area contributed by atoms with E-state index in [2.05, 4.69) is 38.0 Å². The number of rotatable bonds is 4. The molecular weight excluding hydrogens is 449 g/mol. The van der Waals surface area contributed by atoms with E-state index in [4.69, 9.17) is 4.74 Å². The Hall–Kier alpha value is -1.53. The van der Waals surface area contributed by atoms with E-state index >= 15 is 0 Å². The van der Waals surface area contributed by atoms with E-state index in [1.807, 2.05) is 29.4 Å². The molecule has 2 aromatic heterocycles. The smallest absolute Gasteiger partial charge is 0.164 e. The second-order valence-corrected chi connectivity index (χ2v) is 7.59. The standard InChI is InChI=1S/C17H20IN5O3/c1-10-14(24)15(25)17(26-10)23-8-13(18)12-7-22(9-20-16(12)23)21-6-11-4-2-3-5-19-11/h2-5,8-10,14-15,17,21,24-25H,6-7H2,1H3/t10-,14-,15-,17-/m1/s1. The summed E-state index contributed by atoms with van der Waals surface area (Å²) in [4.78, 5) is 8.84. The van der Waals surface area contributed by atoms with Crippen LogP contribution in [-0.4, -0.2) is 49.4 Å². The molecule has 2 aromatic rings. The molecule has 0 bridgehead atoms. The van der Waals surface area contributed by atoms with Crippen molar-refractivity contribution in [1.82, 2.24) is 20.0 Å². The van der Waals surface area contributed by atoms with Gasteiger partial charge in [-0.2, -0.15) is 0 Å². The number of hydrazine groups is 1. The lowest BCUT2D eigenvalue weighted by molar-refractivity contribution is -0.0309. The van der Waals surface area contributed by atoms with E-state index in [0.717, 1.165) is 20.6 Å². The van der Waals surface area contributed by atoms with E-state index in [-0.39, 0.29) is 0 Å². The highest BCUT2D eigenvalue weighted by atomic mass is 127. The number of nitrogens with zero attached hydrogens (tertiary/aromatic N) is 4. The van der Waals surface area contributed by atoms with Gasteiger partial charge in [-0.05, 0) is 41.6 Å². The van der Waals surface area contributed by atoms with Crippen LogP contribution in [0.15, 0.2) is 35.6 Å². The van der Waals surface area contributed by atoms with Crippen LogP contribution in [0.25, 0.3) is 0 Å². The minimum absolute atomic E-state index is 0.421. The average Bonchev–Trinajstić information content (AvgIpc) is 3.12. The Morgan fingerprint density at radius 2 is 2.19 bits per heavy atom. The fraction of sp³-hybridized carbons (Fsp3) is 0.412. The second-order valence-electron chi connectivity index (χ2n) is 6.43. The van der Waals surface area contributed by atoms with Crippen molar-refractivity contribution in [1.29, 1.82) is 0 Å². The van der Waals surface area contributed by atoms with Crippen molar-refractivity contribution in [2.45, 2.75) is 44.6 Å². The first-order chi connectivity index (χ1) is 12.5. The number of ether oxygens (including phenoxy) is 1. The van der Waals surface area contributed by atoms with E-state index in [0.29, 0.717) is 13.1 Å². The molecule has 2 aliphatic heterocycles. The number of aliphatic imine (C=N–C) groups is 1. The first-order valence-corrected chi connectivity index (χ1v) is 9.47. The lowest BCUT2D eigenvalue weighted by Gasteiger charge is -2.25. The molecule has 0 spiro atoms. The number of aliphatic hydroxyl groups excluding tert-OH is 2. The molecule has 0 aliphatic carbocycles. The molecular formula is C17H20IN5O3. The van der Waals surface area contributed by atoms with Crippen LogP contribution in [0.4, 0.5) is 5.82 Å². The second kappa shape index (κ2) is 7.24. The van der Waals surface area contributed by atoms with E-state index in [1.54, 1.807) is 24.0 Å². The van der Waals surface area contributed by atoms with Gasteiger partial charge in [0.15, 0.2) is 6.23 Å². The van der Waals surface area contributed by atoms with Crippen molar-refractivity contribution in [2.24, 2.45) is 4.99 Å². The molecule has 1 fully saturated rings. The summed E-state index contributed by atoms with van der Waals surface area (Å²) in [5.74, 6) is 0.746. The Labute approximate surface area is 164 Å². The number of pyridine rings is 1. The van der Waals surface area contributed by atoms with Gasteiger partial charge in [-0.1, -0.05) is 6.07 Å². The van der Waals surface area contributed by atoms with Crippen molar-refractivity contribution in [2.75, 3.05) is 0 Å². The zero-order valence-electron chi connectivity index (χ0n) is 14.2. The van der Waals surface area contributed by atoms with Crippen LogP contribution in [0.3, 0.4) is 0 Å². The van der Waals surface area contributed by atoms with Crippen molar-refractivity contribution in [3.63, 3.8) is 0 Å². The molecule has 138 valence electrons. The van der Waals surface area contributed by atoms with Crippen molar-refractivity contribution < 1.29 is 14.9 Å². The summed E-state index contributed by atoms with van der Waals surface area (Å²) in [6.07, 6.45) is 2.46. The fourth-order valence-corrected chi connectivity index (χ4v) is 3.90. The summed E-state index contributed by atoms with van der Waals surface area (Å²) in [6.45, 7) is 2.99. The molecule has 0 amide bonds. The normalized spacial score (nSPS) is 27.8. The predicted molar refractivity (Wildman–Crippen MR) is 104 cm³/mol. The topological polar surface area (TPSA) is 95.1 Å². The molecule has 3 N–H and O–H groups in total. The third kappa shape index (κ3) is 3.25. The van der Waals surface area contributed by atoms with E-state index in [1.165, 1.54) is 0 Å². The van der Waals surface area contributed by atoms with Gasteiger partial charge in [0.1, 0.15) is 24.4 Å². The van der Waals surface area contributed by atoms with Crippen LogP contribution < -0.4 is 5.43 Å². The summed E-state index contributed by atoms with van der Waals surface area (Å²) in [5.41, 5.74) is 5.29. The molecule has 4 atom stereocenters. The van der Waals surface area contributed by atoms with Crippen molar-refractivity contribution >= 4 is 34.7 Å². The molecule has 0 radical (unpaired) electrons. The molecule has 4 rings (SSSR count). The highest BCUT2D eigenvalue weighted by Gasteiger charge is 2.42. The molecule has 0 saturated carbocycles. The number of hydrogen-bond donors (Lipinski definition) is 3. The zero-order chi connectivity index (χ0) is 18.3. The summed E-state index contributed by atoms with van der Waals surface area (Å²) >= 11 is 2.26. The molecule has 8 nitrogen and oxygen atoms in total. The molecule has 0 unspecified atom stereocenters. The van der Waals surface area contributed by atoms with Crippen LogP contribution >= 0.6 is 22.6 Å². The van der Waals surface area contributed by atoms with Crippen LogP contribution in [0.2, 0.25) is 0 Å². The highest BCUT2D eigenvalue weighted by Crippen LogP contribution is 2.38. The molecule has 2 aliphatic rings. The minimum Gasteiger partial charge on any atom is -0.388 e. The summed E-state index contributed by atoms with van der Waals surface area (Å²) in [7, 11) is 0. The average molecular weight is 469 g/mol. The maximum Gasteiger partial charge on any atom is 0.164 e. The Morgan fingerprint density at radius 3 is 2.88 bits per heavy atom. The van der Waals surface area contributed by atoms with Gasteiger partial charge >= 0.3 is 0 Å². The number of fused-ring (bicyclic) bond motifs is 1. The number of aliphatic hydroxyl groups is 2. The van der Waals surface area contributed by atoms with Gasteiger partial charge in [0.05, 0.1) is 24.9 Å². The summed E-state index contributed by atoms with van der Waals surface area (Å²) in [6, 6.07) is 5.81. The van der Waals surface area contributed by atoms with E-state index < -0.39 is 24.5 Å². The SMILES string of the molecule is C[C@H]1O[C@@H](n2cc(I)c3c2N=CN(NCc2ccccn2)C3)[C@H](O)[C@@H]1O. The lowest BCUT2D eigenvalue weighted by Crippen LogP contribution is -2.37. The largest absolute Gasteiger partial charge is 0.388 e. The van der Waals surface area contributed by atoms with Gasteiger partial charge in [-0.15, -0.1) is 0 Å². The maximum atomic E-state index is 10.3. The lowest BCUT2D eigenvalue weighted by atomic mass is 10.1. The number of hydrogen-bond acceptors (Lipinski definition) is 7. The van der Waals surface area contributed by atoms with Gasteiger partial charge in [0.2, 0.25) is 0 Å². The van der Waals surface area contributed by atoms with Crippen LogP contribution in [-0.2, 0) is 17.8 Å². The number of halogens is 1. The van der Waals surface area contributed by atoms with Gasteiger partial charge in [0, 0.05) is 21.5 Å². The predicted octanol–water partition coefficient (Wildman–Crippen LogP) is 1.31. The highest BCUT2D eigenvalue weighted by molar-refractivity contribution is 14.1. The zero-order valence-corrected chi connectivity index (χ0v) is 16.3. The molecule has 1 saturated heterocycles. The molecule has 4 heterocycles. The van der Waals surface area contributed by atoms with Gasteiger partial charge < -0.3 is 19.5 Å². The Bertz CT molecular complexity index is 812. The third-order valence-electron chi connectivity index (χ3n) is 4.64. The first kappa shape index (κ1) is 17.9. The molecule has 9 heteroatoms. The number of aromatic nitrogens is 2. The maximum absolute atomic E-state index is 10.3.